The Bertz CT molecular complexity index is 366. The Hall–Kier alpha value is -2.10. The minimum absolute atomic E-state index is 0.0227. The second kappa shape index (κ2) is 4.23. The van der Waals surface area contributed by atoms with E-state index in [0.29, 0.717) is 6.54 Å². The number of nitrogens with two attached hydrogens (primary N) is 1. The predicted molar refractivity (Wildman–Crippen MR) is 45.9 cm³/mol. The third kappa shape index (κ3) is 1.98. The first-order valence-electron chi connectivity index (χ1n) is 3.87. The first kappa shape index (κ1) is 9.98. The van der Waals surface area contributed by atoms with Crippen LogP contribution in [0.3, 0.4) is 0 Å². The molecule has 1 aromatic heterocycles. The molecule has 0 aliphatic carbocycles. The van der Waals surface area contributed by atoms with Crippen molar-refractivity contribution in [3.8, 4) is 6.07 Å². The largest absolute Gasteiger partial charge is 0.379 e. The van der Waals surface area contributed by atoms with E-state index in [1.807, 2.05) is 6.07 Å². The molecule has 0 fully saturated rings. The summed E-state index contributed by atoms with van der Waals surface area (Å²) in [6.45, 7) is 0.321. The summed E-state index contributed by atoms with van der Waals surface area (Å²) in [6, 6.07) is 1.93. The molecule has 1 aromatic rings. The van der Waals surface area contributed by atoms with Crippen LogP contribution < -0.4 is 5.73 Å². The molecule has 0 radical (unpaired) electrons. The zero-order valence-corrected chi connectivity index (χ0v) is 7.60. The molecule has 0 aliphatic rings. The van der Waals surface area contributed by atoms with Gasteiger partial charge in [-0.05, 0) is 10.3 Å². The van der Waals surface area contributed by atoms with Crippen LogP contribution in [0.5, 0.6) is 0 Å². The van der Waals surface area contributed by atoms with Crippen LogP contribution in [0.25, 0.3) is 0 Å². The van der Waals surface area contributed by atoms with E-state index in [1.54, 1.807) is 7.05 Å². The number of anilines is 1. The number of amides is 1. The molecule has 0 aromatic carbocycles. The number of rotatable bonds is 3. The van der Waals surface area contributed by atoms with Crippen molar-refractivity contribution in [2.45, 2.75) is 6.42 Å². The van der Waals surface area contributed by atoms with E-state index in [1.165, 1.54) is 4.90 Å². The van der Waals surface area contributed by atoms with Gasteiger partial charge in [-0.25, -0.2) is 4.63 Å². The van der Waals surface area contributed by atoms with E-state index in [0.717, 1.165) is 0 Å². The summed E-state index contributed by atoms with van der Waals surface area (Å²) in [7, 11) is 1.55. The molecule has 1 rings (SSSR count). The molecule has 14 heavy (non-hydrogen) atoms. The van der Waals surface area contributed by atoms with Crippen LogP contribution >= 0.6 is 0 Å². The average molecular weight is 195 g/mol. The number of aromatic nitrogens is 2. The lowest BCUT2D eigenvalue weighted by molar-refractivity contribution is 0.0787. The molecular formula is C7H9N5O2. The molecule has 0 aliphatic heterocycles. The lowest BCUT2D eigenvalue weighted by Crippen LogP contribution is -2.28. The number of nitrogen functional groups attached to an aromatic ring is 1. The van der Waals surface area contributed by atoms with Crippen molar-refractivity contribution >= 4 is 11.7 Å². The number of nitrogens with zero attached hydrogens (tertiary/aromatic N) is 4. The molecule has 0 saturated carbocycles. The molecule has 74 valence electrons. The Morgan fingerprint density at radius 3 is 2.93 bits per heavy atom. The van der Waals surface area contributed by atoms with Crippen LogP contribution in [0, 0.1) is 11.3 Å². The lowest BCUT2D eigenvalue weighted by atomic mass is 10.3. The molecule has 0 saturated heterocycles. The fourth-order valence-corrected chi connectivity index (χ4v) is 0.844. The van der Waals surface area contributed by atoms with E-state index >= 15 is 0 Å². The summed E-state index contributed by atoms with van der Waals surface area (Å²) in [4.78, 5) is 12.8. The number of nitriles is 1. The van der Waals surface area contributed by atoms with Crippen LogP contribution in [0.15, 0.2) is 4.63 Å². The fraction of sp³-hybridized carbons (Fsp3) is 0.429. The third-order valence-electron chi connectivity index (χ3n) is 1.62. The number of hydrogen-bond donors (Lipinski definition) is 1. The Kier molecular flexibility index (Phi) is 3.01. The predicted octanol–water partition coefficient (Wildman–Crippen LogP) is -0.363. The smallest absolute Gasteiger partial charge is 0.279 e. The molecule has 0 atom stereocenters. The second-order valence-electron chi connectivity index (χ2n) is 2.63. The van der Waals surface area contributed by atoms with E-state index in [-0.39, 0.29) is 17.9 Å². The molecule has 7 heteroatoms. The topological polar surface area (TPSA) is 109 Å². The molecule has 2 N–H and O–H groups in total. The van der Waals surface area contributed by atoms with Crippen molar-refractivity contribution in [3.63, 3.8) is 0 Å². The van der Waals surface area contributed by atoms with Crippen molar-refractivity contribution in [2.24, 2.45) is 0 Å². The van der Waals surface area contributed by atoms with Gasteiger partial charge in [0, 0.05) is 13.6 Å². The van der Waals surface area contributed by atoms with Crippen LogP contribution in [-0.4, -0.2) is 34.7 Å². The van der Waals surface area contributed by atoms with E-state index in [9.17, 15) is 4.79 Å². The van der Waals surface area contributed by atoms with Crippen LogP contribution in [0.2, 0.25) is 0 Å². The van der Waals surface area contributed by atoms with Crippen LogP contribution in [-0.2, 0) is 0 Å². The monoisotopic (exact) mass is 195 g/mol. The van der Waals surface area contributed by atoms with Gasteiger partial charge < -0.3 is 10.6 Å². The fourth-order valence-electron chi connectivity index (χ4n) is 0.844. The molecule has 1 amide bonds. The summed E-state index contributed by atoms with van der Waals surface area (Å²) in [5, 5.41) is 15.0. The minimum Gasteiger partial charge on any atom is -0.379 e. The van der Waals surface area contributed by atoms with Gasteiger partial charge in [-0.15, -0.1) is 0 Å². The van der Waals surface area contributed by atoms with Gasteiger partial charge in [0.2, 0.25) is 11.5 Å². The van der Waals surface area contributed by atoms with Gasteiger partial charge in [0.1, 0.15) is 0 Å². The van der Waals surface area contributed by atoms with Gasteiger partial charge >= 0.3 is 0 Å². The zero-order chi connectivity index (χ0) is 10.6. The van der Waals surface area contributed by atoms with Gasteiger partial charge in [-0.3, -0.25) is 4.79 Å². The van der Waals surface area contributed by atoms with Gasteiger partial charge in [-0.2, -0.15) is 5.26 Å². The highest BCUT2D eigenvalue weighted by Crippen LogP contribution is 2.07. The van der Waals surface area contributed by atoms with Gasteiger partial charge in [0.25, 0.3) is 5.91 Å². The maximum atomic E-state index is 11.5. The van der Waals surface area contributed by atoms with Crippen molar-refractivity contribution in [2.75, 3.05) is 19.3 Å². The quantitative estimate of drug-likeness (QED) is 0.705. The maximum Gasteiger partial charge on any atom is 0.279 e. The lowest BCUT2D eigenvalue weighted by Gasteiger charge is -2.12. The highest BCUT2D eigenvalue weighted by Gasteiger charge is 2.19. The van der Waals surface area contributed by atoms with Crippen molar-refractivity contribution in [1.82, 2.24) is 15.2 Å². The minimum atomic E-state index is -0.404. The Morgan fingerprint density at radius 2 is 2.43 bits per heavy atom. The summed E-state index contributed by atoms with van der Waals surface area (Å²) in [6.07, 6.45) is 0.257. The normalized spacial score (nSPS) is 9.43. The molecule has 7 nitrogen and oxygen atoms in total. The first-order chi connectivity index (χ1) is 6.66. The summed E-state index contributed by atoms with van der Waals surface area (Å²) in [5.74, 6) is -0.446. The standard InChI is InChI=1S/C7H9N5O2/c1-12(4-2-3-8)7(13)5-6(9)11-14-10-5/h2,4H2,1H3,(H2,9,11). The van der Waals surface area contributed by atoms with Gasteiger partial charge in [0.15, 0.2) is 0 Å². The zero-order valence-electron chi connectivity index (χ0n) is 7.60. The summed E-state index contributed by atoms with van der Waals surface area (Å²) < 4.78 is 4.28. The van der Waals surface area contributed by atoms with Crippen LogP contribution in [0.4, 0.5) is 5.82 Å². The average Bonchev–Trinajstić information content (AvgIpc) is 2.59. The highest BCUT2D eigenvalue weighted by molar-refractivity contribution is 5.95. The van der Waals surface area contributed by atoms with E-state index in [4.69, 9.17) is 11.0 Å². The maximum absolute atomic E-state index is 11.5. The third-order valence-corrected chi connectivity index (χ3v) is 1.62. The first-order valence-corrected chi connectivity index (χ1v) is 3.87. The Labute approximate surface area is 80.0 Å². The summed E-state index contributed by atoms with van der Waals surface area (Å²) >= 11 is 0. The van der Waals surface area contributed by atoms with E-state index in [2.05, 4.69) is 14.9 Å². The SMILES string of the molecule is CN(CCC#N)C(=O)c1nonc1N. The number of hydrogen-bond acceptors (Lipinski definition) is 6. The second-order valence-corrected chi connectivity index (χ2v) is 2.63. The van der Waals surface area contributed by atoms with Crippen molar-refractivity contribution in [1.29, 1.82) is 5.26 Å². The van der Waals surface area contributed by atoms with Crippen molar-refractivity contribution in [3.05, 3.63) is 5.69 Å². The molecule has 0 unspecified atom stereocenters. The molecule has 0 spiro atoms. The van der Waals surface area contributed by atoms with Crippen molar-refractivity contribution < 1.29 is 9.42 Å². The van der Waals surface area contributed by atoms with Crippen LogP contribution in [0.1, 0.15) is 16.9 Å². The Balaban J connectivity index is 2.67. The molecular weight excluding hydrogens is 186 g/mol. The highest BCUT2D eigenvalue weighted by atomic mass is 16.6. The number of carbonyl (C=O) groups is 1. The number of carbonyl (C=O) groups excluding carboxylic acids is 1. The Morgan fingerprint density at radius 1 is 1.71 bits per heavy atom. The van der Waals surface area contributed by atoms with Gasteiger partial charge in [-0.1, -0.05) is 0 Å². The molecule has 0 bridgehead atoms. The summed E-state index contributed by atoms with van der Waals surface area (Å²) in [5.41, 5.74) is 5.31. The molecule has 1 heterocycles. The van der Waals surface area contributed by atoms with E-state index < -0.39 is 5.91 Å². The van der Waals surface area contributed by atoms with Gasteiger partial charge in [0.05, 0.1) is 12.5 Å².